The molecule has 0 saturated carbocycles. The van der Waals surface area contributed by atoms with E-state index in [9.17, 15) is 4.79 Å². The molecular formula is C14H27N3O2. The Morgan fingerprint density at radius 3 is 2.79 bits per heavy atom. The highest BCUT2D eigenvalue weighted by Gasteiger charge is 2.44. The van der Waals surface area contributed by atoms with Crippen molar-refractivity contribution in [2.24, 2.45) is 5.73 Å². The zero-order valence-corrected chi connectivity index (χ0v) is 12.4. The molecule has 2 fully saturated rings. The first-order valence-electron chi connectivity index (χ1n) is 7.29. The fourth-order valence-electron chi connectivity index (χ4n) is 3.38. The normalized spacial score (nSPS) is 32.0. The molecule has 110 valence electrons. The summed E-state index contributed by atoms with van der Waals surface area (Å²) in [4.78, 5) is 16.5. The molecule has 0 aromatic rings. The summed E-state index contributed by atoms with van der Waals surface area (Å²) in [6.07, 6.45) is 3.23. The molecule has 5 nitrogen and oxygen atoms in total. The Hall–Kier alpha value is -0.650. The number of amides is 1. The predicted octanol–water partition coefficient (Wildman–Crippen LogP) is 0.435. The lowest BCUT2D eigenvalue weighted by molar-refractivity contribution is -0.150. The summed E-state index contributed by atoms with van der Waals surface area (Å²) in [5, 5.41) is 0. The second-order valence-electron chi connectivity index (χ2n) is 6.39. The molecule has 0 radical (unpaired) electrons. The Labute approximate surface area is 116 Å². The number of ether oxygens (including phenoxy) is 1. The Kier molecular flexibility index (Phi) is 4.48. The summed E-state index contributed by atoms with van der Waals surface area (Å²) in [5.74, 6) is 0.197. The molecule has 19 heavy (non-hydrogen) atoms. The third kappa shape index (κ3) is 3.09. The zero-order chi connectivity index (χ0) is 14.0. The van der Waals surface area contributed by atoms with Gasteiger partial charge in [0.15, 0.2) is 0 Å². The van der Waals surface area contributed by atoms with Gasteiger partial charge in [-0.05, 0) is 39.7 Å². The van der Waals surface area contributed by atoms with Crippen molar-refractivity contribution in [2.75, 3.05) is 33.3 Å². The van der Waals surface area contributed by atoms with E-state index in [1.54, 1.807) is 0 Å². The van der Waals surface area contributed by atoms with E-state index >= 15 is 0 Å². The second kappa shape index (κ2) is 5.77. The molecule has 2 rings (SSSR count). The van der Waals surface area contributed by atoms with Gasteiger partial charge in [0, 0.05) is 32.3 Å². The maximum absolute atomic E-state index is 12.4. The van der Waals surface area contributed by atoms with Crippen LogP contribution in [-0.4, -0.2) is 66.7 Å². The van der Waals surface area contributed by atoms with Crippen LogP contribution >= 0.6 is 0 Å². The molecule has 2 unspecified atom stereocenters. The minimum atomic E-state index is -0.0945. The Morgan fingerprint density at radius 2 is 2.21 bits per heavy atom. The minimum Gasteiger partial charge on any atom is -0.377 e. The molecule has 0 aromatic heterocycles. The van der Waals surface area contributed by atoms with Crippen molar-refractivity contribution >= 4 is 5.91 Å². The number of nitrogens with zero attached hydrogens (tertiary/aromatic N) is 2. The van der Waals surface area contributed by atoms with Crippen molar-refractivity contribution in [3.05, 3.63) is 0 Å². The number of likely N-dealkylation sites (N-methyl/N-ethyl adjacent to an activating group) is 1. The topological polar surface area (TPSA) is 58.8 Å². The number of piperazine rings is 1. The number of carbonyl (C=O) groups is 1. The molecule has 0 bridgehead atoms. The van der Waals surface area contributed by atoms with Crippen molar-refractivity contribution in [3.8, 4) is 0 Å². The lowest BCUT2D eigenvalue weighted by atomic mass is 9.92. The lowest BCUT2D eigenvalue weighted by Crippen LogP contribution is -2.67. The minimum absolute atomic E-state index is 0.0194. The van der Waals surface area contributed by atoms with Crippen LogP contribution in [0.3, 0.4) is 0 Å². The summed E-state index contributed by atoms with van der Waals surface area (Å²) in [6.45, 7) is 7.41. The highest BCUT2D eigenvalue weighted by atomic mass is 16.5. The molecule has 5 heteroatoms. The van der Waals surface area contributed by atoms with Crippen molar-refractivity contribution < 1.29 is 9.53 Å². The first-order valence-corrected chi connectivity index (χ1v) is 7.29. The lowest BCUT2D eigenvalue weighted by Gasteiger charge is -2.51. The third-order valence-electron chi connectivity index (χ3n) is 4.30. The van der Waals surface area contributed by atoms with Gasteiger partial charge < -0.3 is 15.4 Å². The predicted molar refractivity (Wildman–Crippen MR) is 74.9 cm³/mol. The van der Waals surface area contributed by atoms with E-state index in [1.807, 2.05) is 11.9 Å². The van der Waals surface area contributed by atoms with Gasteiger partial charge in [-0.2, -0.15) is 0 Å². The molecule has 0 spiro atoms. The molecular weight excluding hydrogens is 242 g/mol. The number of carbonyl (C=O) groups excluding carboxylic acids is 1. The van der Waals surface area contributed by atoms with Gasteiger partial charge in [0.25, 0.3) is 0 Å². The van der Waals surface area contributed by atoms with Gasteiger partial charge >= 0.3 is 0 Å². The number of nitrogens with two attached hydrogens (primary N) is 1. The highest BCUT2D eigenvalue weighted by molar-refractivity contribution is 5.82. The number of rotatable bonds is 4. The summed E-state index contributed by atoms with van der Waals surface area (Å²) in [7, 11) is 1.89. The molecule has 2 aliphatic rings. The van der Waals surface area contributed by atoms with E-state index in [4.69, 9.17) is 10.5 Å². The molecule has 0 aliphatic carbocycles. The standard InChI is InChI=1S/C14H27N3O2/c1-14(2)10-16(3)13(18)12(6-7-15)17(14)9-11-5-4-8-19-11/h11-12H,4-10,15H2,1-3H3. The summed E-state index contributed by atoms with van der Waals surface area (Å²) in [6, 6.07) is -0.0945. The van der Waals surface area contributed by atoms with E-state index in [0.29, 0.717) is 6.54 Å². The third-order valence-corrected chi connectivity index (χ3v) is 4.30. The molecule has 2 N–H and O–H groups in total. The van der Waals surface area contributed by atoms with Crippen LogP contribution in [0.4, 0.5) is 0 Å². The average molecular weight is 269 g/mol. The van der Waals surface area contributed by atoms with Crippen LogP contribution in [0.25, 0.3) is 0 Å². The Morgan fingerprint density at radius 1 is 1.47 bits per heavy atom. The largest absolute Gasteiger partial charge is 0.377 e. The van der Waals surface area contributed by atoms with Crippen LogP contribution in [0.15, 0.2) is 0 Å². The van der Waals surface area contributed by atoms with Crippen molar-refractivity contribution in [1.82, 2.24) is 9.80 Å². The van der Waals surface area contributed by atoms with Crippen molar-refractivity contribution in [2.45, 2.75) is 50.8 Å². The maximum atomic E-state index is 12.4. The summed E-state index contributed by atoms with van der Waals surface area (Å²) < 4.78 is 5.74. The monoisotopic (exact) mass is 269 g/mol. The van der Waals surface area contributed by atoms with E-state index < -0.39 is 0 Å². The molecule has 1 amide bonds. The van der Waals surface area contributed by atoms with Gasteiger partial charge in [0.1, 0.15) is 0 Å². The first kappa shape index (κ1) is 14.8. The average Bonchev–Trinajstić information content (AvgIpc) is 2.83. The second-order valence-corrected chi connectivity index (χ2v) is 6.39. The van der Waals surface area contributed by atoms with Crippen molar-refractivity contribution in [1.29, 1.82) is 0 Å². The van der Waals surface area contributed by atoms with Gasteiger partial charge in [-0.25, -0.2) is 0 Å². The van der Waals surface area contributed by atoms with Crippen LogP contribution in [0.1, 0.15) is 33.1 Å². The van der Waals surface area contributed by atoms with Crippen LogP contribution in [0, 0.1) is 0 Å². The fraction of sp³-hybridized carbons (Fsp3) is 0.929. The fourth-order valence-corrected chi connectivity index (χ4v) is 3.38. The maximum Gasteiger partial charge on any atom is 0.239 e. The van der Waals surface area contributed by atoms with E-state index in [2.05, 4.69) is 18.7 Å². The first-order chi connectivity index (χ1) is 8.95. The summed E-state index contributed by atoms with van der Waals surface area (Å²) in [5.41, 5.74) is 5.68. The van der Waals surface area contributed by atoms with Crippen LogP contribution in [0.2, 0.25) is 0 Å². The molecule has 2 saturated heterocycles. The van der Waals surface area contributed by atoms with Crippen LogP contribution in [-0.2, 0) is 9.53 Å². The highest BCUT2D eigenvalue weighted by Crippen LogP contribution is 2.29. The quantitative estimate of drug-likeness (QED) is 0.804. The van der Waals surface area contributed by atoms with Gasteiger partial charge in [-0.3, -0.25) is 9.69 Å². The van der Waals surface area contributed by atoms with Gasteiger partial charge in [0.2, 0.25) is 5.91 Å². The van der Waals surface area contributed by atoms with Gasteiger partial charge in [-0.15, -0.1) is 0 Å². The van der Waals surface area contributed by atoms with E-state index in [0.717, 1.165) is 39.0 Å². The van der Waals surface area contributed by atoms with Gasteiger partial charge in [-0.1, -0.05) is 0 Å². The van der Waals surface area contributed by atoms with Crippen LogP contribution in [0.5, 0.6) is 0 Å². The smallest absolute Gasteiger partial charge is 0.239 e. The Balaban J connectivity index is 2.14. The van der Waals surface area contributed by atoms with Crippen molar-refractivity contribution in [3.63, 3.8) is 0 Å². The van der Waals surface area contributed by atoms with E-state index in [1.165, 1.54) is 0 Å². The molecule has 2 aliphatic heterocycles. The zero-order valence-electron chi connectivity index (χ0n) is 12.4. The van der Waals surface area contributed by atoms with Crippen LogP contribution < -0.4 is 5.73 Å². The molecule has 2 heterocycles. The number of hydrogen-bond donors (Lipinski definition) is 1. The number of hydrogen-bond acceptors (Lipinski definition) is 4. The van der Waals surface area contributed by atoms with Gasteiger partial charge in [0.05, 0.1) is 12.1 Å². The van der Waals surface area contributed by atoms with E-state index in [-0.39, 0.29) is 23.6 Å². The Bertz CT molecular complexity index is 327. The molecule has 0 aromatic carbocycles. The SMILES string of the molecule is CN1CC(C)(C)N(CC2CCCO2)C(CCN)C1=O. The summed E-state index contributed by atoms with van der Waals surface area (Å²) >= 11 is 0. The molecule has 2 atom stereocenters.